The van der Waals surface area contributed by atoms with Gasteiger partial charge >= 0.3 is 5.69 Å². The highest BCUT2D eigenvalue weighted by Crippen LogP contribution is 2.45. The Morgan fingerprint density at radius 2 is 1.60 bits per heavy atom. The molecule has 0 heterocycles. The van der Waals surface area contributed by atoms with Crippen molar-refractivity contribution in [1.82, 2.24) is 0 Å². The number of nitrogens with zero attached hydrogens (tertiary/aromatic N) is 1. The lowest BCUT2D eigenvalue weighted by Crippen LogP contribution is -2.06. The van der Waals surface area contributed by atoms with Gasteiger partial charge in [0.15, 0.2) is 0 Å². The zero-order valence-electron chi connectivity index (χ0n) is 15.1. The highest BCUT2D eigenvalue weighted by atomic mass is 35.5. The Balaban J connectivity index is 2.18. The summed E-state index contributed by atoms with van der Waals surface area (Å²) in [6.45, 7) is -0.0282. The first kappa shape index (κ1) is 21.8. The number of nitro benzene ring substituents is 1. The molecule has 0 amide bonds. The summed E-state index contributed by atoms with van der Waals surface area (Å²) in [6, 6.07) is 15.9. The molecule has 0 aliphatic carbocycles. The maximum Gasteiger partial charge on any atom is 0.321 e. The second kappa shape index (κ2) is 9.26. The van der Waals surface area contributed by atoms with E-state index in [1.165, 1.54) is 30.3 Å². The molecule has 0 spiro atoms. The quantitative estimate of drug-likeness (QED) is 0.234. The Labute approximate surface area is 186 Å². The van der Waals surface area contributed by atoms with E-state index in [1.54, 1.807) is 24.3 Å². The molecule has 3 aromatic carbocycles. The van der Waals surface area contributed by atoms with E-state index in [-0.39, 0.29) is 34.1 Å². The second-order valence-corrected chi connectivity index (χ2v) is 7.21. The van der Waals surface area contributed by atoms with Crippen LogP contribution in [0.2, 0.25) is 5.02 Å². The minimum absolute atomic E-state index is 0.0277. The molecule has 0 saturated heterocycles. The van der Waals surface area contributed by atoms with Crippen LogP contribution in [-0.4, -0.2) is 15.4 Å². The van der Waals surface area contributed by atoms with Gasteiger partial charge in [-0.15, -0.1) is 0 Å². The summed E-state index contributed by atoms with van der Waals surface area (Å²) in [6.07, 6.45) is 0. The van der Waals surface area contributed by atoms with Crippen LogP contribution in [0.25, 0.3) is 11.1 Å². The highest BCUT2D eigenvalue weighted by molar-refractivity contribution is 6.68. The summed E-state index contributed by atoms with van der Waals surface area (Å²) < 4.78 is 5.68. The van der Waals surface area contributed by atoms with Crippen LogP contribution in [0.5, 0.6) is 5.75 Å². The van der Waals surface area contributed by atoms with E-state index in [0.717, 1.165) is 5.56 Å². The molecular weight excluding hydrogens is 453 g/mol. The first-order valence-corrected chi connectivity index (χ1v) is 9.60. The molecule has 3 rings (SSSR count). The van der Waals surface area contributed by atoms with Crippen LogP contribution in [0.15, 0.2) is 60.7 Å². The number of ether oxygens (including phenoxy) is 1. The molecule has 0 aliphatic rings. The fraction of sp³-hybridized carbons (Fsp3) is 0.0476. The van der Waals surface area contributed by atoms with E-state index in [9.17, 15) is 19.7 Å². The molecule has 0 unspecified atom stereocenters. The lowest BCUT2D eigenvalue weighted by atomic mass is 9.99. The molecule has 0 aliphatic heterocycles. The third-order valence-electron chi connectivity index (χ3n) is 4.23. The average Bonchev–Trinajstić information content (AvgIpc) is 2.72. The molecule has 9 heteroatoms. The standard InChI is InChI=1S/C21H12Cl3NO5/c22-16-10-15(21(24)27)19(30-11-12-4-2-1-3-5-12)18(25(28)29)17(16)13-6-8-14(9-7-13)20(23)26/h1-10H,11H2. The Hall–Kier alpha value is -2.93. The van der Waals surface area contributed by atoms with Crippen molar-refractivity contribution in [3.63, 3.8) is 0 Å². The van der Waals surface area contributed by atoms with Crippen LogP contribution in [-0.2, 0) is 6.61 Å². The van der Waals surface area contributed by atoms with Gasteiger partial charge in [-0.1, -0.05) is 54.1 Å². The van der Waals surface area contributed by atoms with Crippen LogP contribution in [0.3, 0.4) is 0 Å². The number of carbonyl (C=O) groups is 2. The predicted molar refractivity (Wildman–Crippen MR) is 115 cm³/mol. The smallest absolute Gasteiger partial charge is 0.321 e. The van der Waals surface area contributed by atoms with Gasteiger partial charge in [-0.3, -0.25) is 19.7 Å². The van der Waals surface area contributed by atoms with Gasteiger partial charge in [0, 0.05) is 5.56 Å². The van der Waals surface area contributed by atoms with E-state index >= 15 is 0 Å². The van der Waals surface area contributed by atoms with Gasteiger partial charge in [0.25, 0.3) is 10.5 Å². The summed E-state index contributed by atoms with van der Waals surface area (Å²) in [7, 11) is 0. The topological polar surface area (TPSA) is 86.5 Å². The molecule has 0 radical (unpaired) electrons. The molecule has 0 aromatic heterocycles. The van der Waals surface area contributed by atoms with Crippen LogP contribution in [0.1, 0.15) is 26.3 Å². The average molecular weight is 465 g/mol. The molecule has 0 atom stereocenters. The minimum Gasteiger partial charge on any atom is -0.481 e. The van der Waals surface area contributed by atoms with Crippen molar-refractivity contribution in [2.45, 2.75) is 6.61 Å². The zero-order chi connectivity index (χ0) is 21.8. The predicted octanol–water partition coefficient (Wildman–Crippen LogP) is 6.25. The third-order valence-corrected chi connectivity index (χ3v) is 4.95. The maximum atomic E-state index is 12.0. The zero-order valence-corrected chi connectivity index (χ0v) is 17.4. The van der Waals surface area contributed by atoms with E-state index in [2.05, 4.69) is 0 Å². The summed E-state index contributed by atoms with van der Waals surface area (Å²) in [5.74, 6) is -0.291. The van der Waals surface area contributed by atoms with E-state index in [1.807, 2.05) is 6.07 Å². The second-order valence-electron chi connectivity index (χ2n) is 6.11. The molecule has 6 nitrogen and oxygen atoms in total. The Kier molecular flexibility index (Phi) is 6.72. The fourth-order valence-corrected chi connectivity index (χ4v) is 3.43. The fourth-order valence-electron chi connectivity index (χ4n) is 2.86. The van der Waals surface area contributed by atoms with Crippen molar-refractivity contribution in [1.29, 1.82) is 0 Å². The first-order chi connectivity index (χ1) is 14.3. The molecule has 152 valence electrons. The van der Waals surface area contributed by atoms with Gasteiger partial charge in [-0.05, 0) is 52.5 Å². The van der Waals surface area contributed by atoms with Gasteiger partial charge in [0.05, 0.1) is 21.1 Å². The number of carbonyl (C=O) groups excluding carboxylic acids is 2. The van der Waals surface area contributed by atoms with E-state index < -0.39 is 21.1 Å². The number of halogens is 3. The van der Waals surface area contributed by atoms with E-state index in [0.29, 0.717) is 5.56 Å². The Morgan fingerprint density at radius 3 is 2.13 bits per heavy atom. The van der Waals surface area contributed by atoms with Crippen LogP contribution in [0, 0.1) is 10.1 Å². The lowest BCUT2D eigenvalue weighted by Gasteiger charge is -2.14. The summed E-state index contributed by atoms with van der Waals surface area (Å²) >= 11 is 17.4. The SMILES string of the molecule is O=C(Cl)c1ccc(-c2c(Cl)cc(C(=O)Cl)c(OCc3ccccc3)c2[N+](=O)[O-])cc1. The number of hydrogen-bond acceptors (Lipinski definition) is 5. The largest absolute Gasteiger partial charge is 0.481 e. The Morgan fingerprint density at radius 1 is 0.967 bits per heavy atom. The molecule has 3 aromatic rings. The minimum atomic E-state index is -0.947. The highest BCUT2D eigenvalue weighted by Gasteiger charge is 2.31. The molecule has 0 N–H and O–H groups in total. The van der Waals surface area contributed by atoms with Gasteiger partial charge in [-0.25, -0.2) is 0 Å². The van der Waals surface area contributed by atoms with Gasteiger partial charge in [0.1, 0.15) is 6.61 Å². The molecule has 0 fully saturated rings. The van der Waals surface area contributed by atoms with Crippen molar-refractivity contribution in [3.8, 4) is 16.9 Å². The van der Waals surface area contributed by atoms with Crippen molar-refractivity contribution in [2.75, 3.05) is 0 Å². The number of rotatable bonds is 7. The van der Waals surface area contributed by atoms with Gasteiger partial charge < -0.3 is 4.74 Å². The maximum absolute atomic E-state index is 12.0. The number of nitro groups is 1. The van der Waals surface area contributed by atoms with Crippen LogP contribution >= 0.6 is 34.8 Å². The van der Waals surface area contributed by atoms with Crippen molar-refractivity contribution in [2.24, 2.45) is 0 Å². The summed E-state index contributed by atoms with van der Waals surface area (Å²) in [4.78, 5) is 34.5. The van der Waals surface area contributed by atoms with Crippen LogP contribution in [0.4, 0.5) is 5.69 Å². The third kappa shape index (κ3) is 4.62. The molecular formula is C21H12Cl3NO5. The van der Waals surface area contributed by atoms with Crippen molar-refractivity contribution in [3.05, 3.63) is 92.5 Å². The first-order valence-electron chi connectivity index (χ1n) is 8.47. The number of hydrogen-bond donors (Lipinski definition) is 0. The summed E-state index contributed by atoms with van der Waals surface area (Å²) in [5, 5.41) is 10.3. The monoisotopic (exact) mass is 463 g/mol. The summed E-state index contributed by atoms with van der Waals surface area (Å²) in [5.41, 5.74) is 0.591. The molecule has 0 saturated carbocycles. The van der Waals surface area contributed by atoms with E-state index in [4.69, 9.17) is 39.5 Å². The van der Waals surface area contributed by atoms with Crippen molar-refractivity contribution >= 4 is 51.0 Å². The normalized spacial score (nSPS) is 10.5. The number of benzene rings is 3. The Bertz CT molecular complexity index is 1130. The van der Waals surface area contributed by atoms with Crippen LogP contribution < -0.4 is 4.74 Å². The van der Waals surface area contributed by atoms with Gasteiger partial charge in [-0.2, -0.15) is 0 Å². The lowest BCUT2D eigenvalue weighted by molar-refractivity contribution is -0.385. The van der Waals surface area contributed by atoms with Gasteiger partial charge in [0.2, 0.25) is 5.75 Å². The molecule has 30 heavy (non-hydrogen) atoms. The van der Waals surface area contributed by atoms with Crippen molar-refractivity contribution < 1.29 is 19.2 Å². The molecule has 0 bridgehead atoms.